The molecule has 0 spiro atoms. The summed E-state index contributed by atoms with van der Waals surface area (Å²) >= 11 is 0. The maximum absolute atomic E-state index is 6.09. The highest BCUT2D eigenvalue weighted by molar-refractivity contribution is 5.55. The lowest BCUT2D eigenvalue weighted by atomic mass is 10.1. The molecular weight excluding hydrogens is 246 g/mol. The SMILES string of the molecule is Cc1cc(C)cc(N(C)Cc2ncc(C)c(N)c2C)c1. The number of aromatic nitrogens is 1. The van der Waals surface area contributed by atoms with Crippen molar-refractivity contribution in [2.75, 3.05) is 17.7 Å². The van der Waals surface area contributed by atoms with Crippen LogP contribution in [-0.2, 0) is 6.54 Å². The van der Waals surface area contributed by atoms with Crippen molar-refractivity contribution in [3.8, 4) is 0 Å². The van der Waals surface area contributed by atoms with Crippen LogP contribution in [0.3, 0.4) is 0 Å². The molecule has 0 radical (unpaired) electrons. The molecule has 0 aliphatic carbocycles. The van der Waals surface area contributed by atoms with E-state index in [1.807, 2.05) is 20.0 Å². The summed E-state index contributed by atoms with van der Waals surface area (Å²) in [6.45, 7) is 9.04. The van der Waals surface area contributed by atoms with E-state index in [9.17, 15) is 0 Å². The maximum atomic E-state index is 6.09. The fourth-order valence-corrected chi connectivity index (χ4v) is 2.44. The molecule has 0 aliphatic heterocycles. The van der Waals surface area contributed by atoms with Crippen molar-refractivity contribution in [1.82, 2.24) is 4.98 Å². The van der Waals surface area contributed by atoms with Gasteiger partial charge >= 0.3 is 0 Å². The van der Waals surface area contributed by atoms with Crippen LogP contribution >= 0.6 is 0 Å². The van der Waals surface area contributed by atoms with E-state index in [2.05, 4.69) is 49.0 Å². The van der Waals surface area contributed by atoms with Gasteiger partial charge in [0.25, 0.3) is 0 Å². The molecular formula is C17H23N3. The van der Waals surface area contributed by atoms with E-state index in [0.29, 0.717) is 0 Å². The molecule has 106 valence electrons. The molecule has 2 aromatic rings. The molecule has 3 nitrogen and oxygen atoms in total. The van der Waals surface area contributed by atoms with E-state index in [4.69, 9.17) is 5.73 Å². The van der Waals surface area contributed by atoms with Gasteiger partial charge in [-0.05, 0) is 62.1 Å². The number of hydrogen-bond donors (Lipinski definition) is 1. The van der Waals surface area contributed by atoms with Crippen molar-refractivity contribution in [3.63, 3.8) is 0 Å². The van der Waals surface area contributed by atoms with Gasteiger partial charge in [-0.2, -0.15) is 0 Å². The van der Waals surface area contributed by atoms with Crippen molar-refractivity contribution in [2.45, 2.75) is 34.2 Å². The Morgan fingerprint density at radius 1 is 1.05 bits per heavy atom. The number of aryl methyl sites for hydroxylation is 3. The van der Waals surface area contributed by atoms with E-state index in [1.165, 1.54) is 16.8 Å². The van der Waals surface area contributed by atoms with Crippen LogP contribution in [0, 0.1) is 27.7 Å². The average Bonchev–Trinajstić information content (AvgIpc) is 2.38. The number of nitrogens with two attached hydrogens (primary N) is 1. The minimum atomic E-state index is 0.763. The van der Waals surface area contributed by atoms with Gasteiger partial charge in [0.2, 0.25) is 0 Å². The molecule has 1 aromatic heterocycles. The van der Waals surface area contributed by atoms with Crippen LogP contribution in [-0.4, -0.2) is 12.0 Å². The van der Waals surface area contributed by atoms with Crippen molar-refractivity contribution in [1.29, 1.82) is 0 Å². The molecule has 0 amide bonds. The molecule has 0 aliphatic rings. The Morgan fingerprint density at radius 3 is 2.25 bits per heavy atom. The summed E-state index contributed by atoms with van der Waals surface area (Å²) in [7, 11) is 2.09. The second-order valence-corrected chi connectivity index (χ2v) is 5.63. The molecule has 0 atom stereocenters. The van der Waals surface area contributed by atoms with Gasteiger partial charge in [-0.15, -0.1) is 0 Å². The largest absolute Gasteiger partial charge is 0.398 e. The van der Waals surface area contributed by atoms with Crippen LogP contribution in [0.5, 0.6) is 0 Å². The summed E-state index contributed by atoms with van der Waals surface area (Å²) < 4.78 is 0. The van der Waals surface area contributed by atoms with Gasteiger partial charge in [0.1, 0.15) is 0 Å². The zero-order valence-corrected chi connectivity index (χ0v) is 13.0. The van der Waals surface area contributed by atoms with Gasteiger partial charge in [-0.1, -0.05) is 6.07 Å². The number of benzene rings is 1. The Kier molecular flexibility index (Phi) is 3.98. The molecule has 20 heavy (non-hydrogen) atoms. The fraction of sp³-hybridized carbons (Fsp3) is 0.353. The van der Waals surface area contributed by atoms with Crippen molar-refractivity contribution in [3.05, 3.63) is 52.3 Å². The Hall–Kier alpha value is -2.03. The standard InChI is InChI=1S/C17H23N3/c1-11-6-12(2)8-15(7-11)20(5)10-16-14(4)17(18)13(3)9-19-16/h6-9H,10H2,1-5H3,(H2,18,19). The average molecular weight is 269 g/mol. The minimum absolute atomic E-state index is 0.763. The van der Waals surface area contributed by atoms with Gasteiger partial charge in [0, 0.05) is 24.6 Å². The van der Waals surface area contributed by atoms with E-state index >= 15 is 0 Å². The zero-order chi connectivity index (χ0) is 14.9. The number of anilines is 2. The molecule has 0 saturated heterocycles. The van der Waals surface area contributed by atoms with Gasteiger partial charge in [0.05, 0.1) is 12.2 Å². The van der Waals surface area contributed by atoms with E-state index < -0.39 is 0 Å². The molecule has 1 heterocycles. The molecule has 2 N–H and O–H groups in total. The van der Waals surface area contributed by atoms with E-state index in [1.54, 1.807) is 0 Å². The molecule has 1 aromatic carbocycles. The highest BCUT2D eigenvalue weighted by atomic mass is 15.1. The summed E-state index contributed by atoms with van der Waals surface area (Å²) in [5.74, 6) is 0. The highest BCUT2D eigenvalue weighted by Crippen LogP contribution is 2.22. The lowest BCUT2D eigenvalue weighted by Gasteiger charge is -2.21. The Morgan fingerprint density at radius 2 is 1.65 bits per heavy atom. The first kappa shape index (κ1) is 14.4. The molecule has 0 fully saturated rings. The molecule has 3 heteroatoms. The van der Waals surface area contributed by atoms with Crippen molar-refractivity contribution in [2.24, 2.45) is 0 Å². The molecule has 0 saturated carbocycles. The van der Waals surface area contributed by atoms with Crippen molar-refractivity contribution >= 4 is 11.4 Å². The summed E-state index contributed by atoms with van der Waals surface area (Å²) in [6, 6.07) is 6.57. The Bertz CT molecular complexity index is 612. The topological polar surface area (TPSA) is 42.2 Å². The van der Waals surface area contributed by atoms with Crippen LogP contribution in [0.1, 0.15) is 27.9 Å². The number of rotatable bonds is 3. The summed E-state index contributed by atoms with van der Waals surface area (Å²) in [5.41, 5.74) is 13.9. The third-order valence-corrected chi connectivity index (χ3v) is 3.71. The number of nitrogen functional groups attached to an aromatic ring is 1. The van der Waals surface area contributed by atoms with Crippen molar-refractivity contribution < 1.29 is 0 Å². The number of pyridine rings is 1. The molecule has 0 bridgehead atoms. The monoisotopic (exact) mass is 269 g/mol. The van der Waals surface area contributed by atoms with Gasteiger partial charge in [-0.25, -0.2) is 0 Å². The maximum Gasteiger partial charge on any atom is 0.0646 e. The highest BCUT2D eigenvalue weighted by Gasteiger charge is 2.10. The predicted molar refractivity (Wildman–Crippen MR) is 86.1 cm³/mol. The Balaban J connectivity index is 2.28. The first-order valence-corrected chi connectivity index (χ1v) is 6.88. The first-order valence-electron chi connectivity index (χ1n) is 6.88. The Labute approximate surface area is 121 Å². The van der Waals surface area contributed by atoms with Crippen LogP contribution in [0.2, 0.25) is 0 Å². The summed E-state index contributed by atoms with van der Waals surface area (Å²) in [6.07, 6.45) is 1.85. The van der Waals surface area contributed by atoms with Crippen LogP contribution in [0.25, 0.3) is 0 Å². The number of nitrogens with zero attached hydrogens (tertiary/aromatic N) is 2. The lowest BCUT2D eigenvalue weighted by molar-refractivity contribution is 0.871. The summed E-state index contributed by atoms with van der Waals surface area (Å²) in [4.78, 5) is 6.74. The van der Waals surface area contributed by atoms with Gasteiger partial charge in [-0.3, -0.25) is 4.98 Å². The van der Waals surface area contributed by atoms with Crippen LogP contribution in [0.4, 0.5) is 11.4 Å². The quantitative estimate of drug-likeness (QED) is 0.926. The minimum Gasteiger partial charge on any atom is -0.398 e. The zero-order valence-electron chi connectivity index (χ0n) is 13.0. The van der Waals surface area contributed by atoms with Crippen LogP contribution in [0.15, 0.2) is 24.4 Å². The normalized spacial score (nSPS) is 10.7. The second-order valence-electron chi connectivity index (χ2n) is 5.63. The van der Waals surface area contributed by atoms with E-state index in [-0.39, 0.29) is 0 Å². The molecule has 2 rings (SSSR count). The molecule has 0 unspecified atom stereocenters. The summed E-state index contributed by atoms with van der Waals surface area (Å²) in [5, 5.41) is 0. The van der Waals surface area contributed by atoms with Gasteiger partial charge in [0.15, 0.2) is 0 Å². The van der Waals surface area contributed by atoms with E-state index in [0.717, 1.165) is 29.1 Å². The fourth-order valence-electron chi connectivity index (χ4n) is 2.44. The number of hydrogen-bond acceptors (Lipinski definition) is 3. The first-order chi connectivity index (χ1) is 9.38. The third-order valence-electron chi connectivity index (χ3n) is 3.71. The lowest BCUT2D eigenvalue weighted by Crippen LogP contribution is -2.19. The smallest absolute Gasteiger partial charge is 0.0646 e. The third kappa shape index (κ3) is 2.93. The predicted octanol–water partition coefficient (Wildman–Crippen LogP) is 3.53. The van der Waals surface area contributed by atoms with Gasteiger partial charge < -0.3 is 10.6 Å². The second kappa shape index (κ2) is 5.53. The van der Waals surface area contributed by atoms with Crippen LogP contribution < -0.4 is 10.6 Å².